The van der Waals surface area contributed by atoms with E-state index in [9.17, 15) is 13.5 Å². The van der Waals surface area contributed by atoms with E-state index >= 15 is 0 Å². The van der Waals surface area contributed by atoms with Crippen LogP contribution in [-0.2, 0) is 10.0 Å². The molecule has 126 valence electrons. The lowest BCUT2D eigenvalue weighted by Gasteiger charge is -2.23. The molecule has 0 unspecified atom stereocenters. The van der Waals surface area contributed by atoms with Crippen molar-refractivity contribution in [2.45, 2.75) is 56.9 Å². The van der Waals surface area contributed by atoms with Gasteiger partial charge in [0.2, 0.25) is 10.0 Å². The molecule has 0 aliphatic rings. The monoisotopic (exact) mass is 347 g/mol. The maximum Gasteiger partial charge on any atom is 0.240 e. The molecule has 0 bridgehead atoms. The third kappa shape index (κ3) is 6.24. The SMILES string of the molecule is CCCCCC[C@@H](C)[C@@H](CO)NS(=O)(=O)c1ccc(Cl)cc1. The van der Waals surface area contributed by atoms with Gasteiger partial charge in [0, 0.05) is 11.1 Å². The molecule has 0 saturated heterocycles. The second-order valence-corrected chi connectivity index (χ2v) is 7.84. The molecule has 4 nitrogen and oxygen atoms in total. The van der Waals surface area contributed by atoms with Crippen LogP contribution in [0, 0.1) is 5.92 Å². The molecule has 0 radical (unpaired) electrons. The summed E-state index contributed by atoms with van der Waals surface area (Å²) in [6.45, 7) is 3.92. The lowest BCUT2D eigenvalue weighted by Crippen LogP contribution is -2.41. The van der Waals surface area contributed by atoms with Gasteiger partial charge >= 0.3 is 0 Å². The summed E-state index contributed by atoms with van der Waals surface area (Å²) in [5.41, 5.74) is 0. The maximum absolute atomic E-state index is 12.3. The number of hydrogen-bond acceptors (Lipinski definition) is 3. The summed E-state index contributed by atoms with van der Waals surface area (Å²) in [5, 5.41) is 9.99. The Bertz CT molecular complexity index is 531. The number of rotatable bonds is 10. The van der Waals surface area contributed by atoms with Crippen LogP contribution in [0.5, 0.6) is 0 Å². The molecular formula is C16H26ClNO3S. The van der Waals surface area contributed by atoms with Gasteiger partial charge in [0.05, 0.1) is 11.5 Å². The van der Waals surface area contributed by atoms with Gasteiger partial charge in [-0.2, -0.15) is 0 Å². The van der Waals surface area contributed by atoms with E-state index < -0.39 is 16.1 Å². The molecule has 0 fully saturated rings. The third-order valence-electron chi connectivity index (χ3n) is 3.83. The van der Waals surface area contributed by atoms with Crippen molar-refractivity contribution < 1.29 is 13.5 Å². The highest BCUT2D eigenvalue weighted by Gasteiger charge is 2.23. The minimum atomic E-state index is -3.64. The van der Waals surface area contributed by atoms with Crippen LogP contribution in [0.25, 0.3) is 0 Å². The van der Waals surface area contributed by atoms with Crippen molar-refractivity contribution in [3.8, 4) is 0 Å². The number of benzene rings is 1. The number of aliphatic hydroxyl groups is 1. The number of aliphatic hydroxyl groups excluding tert-OH is 1. The zero-order valence-electron chi connectivity index (χ0n) is 13.3. The van der Waals surface area contributed by atoms with Gasteiger partial charge in [-0.05, 0) is 36.6 Å². The van der Waals surface area contributed by atoms with E-state index in [2.05, 4.69) is 11.6 Å². The van der Waals surface area contributed by atoms with Gasteiger partial charge in [0.25, 0.3) is 0 Å². The number of unbranched alkanes of at least 4 members (excludes halogenated alkanes) is 3. The quantitative estimate of drug-likeness (QED) is 0.636. The Balaban J connectivity index is 2.65. The normalized spacial score (nSPS) is 14.7. The molecule has 0 aliphatic carbocycles. The van der Waals surface area contributed by atoms with Crippen molar-refractivity contribution in [1.29, 1.82) is 0 Å². The van der Waals surface area contributed by atoms with Crippen LogP contribution < -0.4 is 4.72 Å². The van der Waals surface area contributed by atoms with E-state index in [4.69, 9.17) is 11.6 Å². The van der Waals surface area contributed by atoms with Gasteiger partial charge in [-0.1, -0.05) is 51.1 Å². The summed E-state index contributed by atoms with van der Waals surface area (Å²) < 4.78 is 27.3. The second-order valence-electron chi connectivity index (χ2n) is 5.69. The smallest absolute Gasteiger partial charge is 0.240 e. The summed E-state index contributed by atoms with van der Waals surface area (Å²) in [6, 6.07) is 5.54. The highest BCUT2D eigenvalue weighted by atomic mass is 35.5. The number of halogens is 1. The molecule has 0 heterocycles. The second kappa shape index (κ2) is 9.50. The van der Waals surface area contributed by atoms with E-state index in [-0.39, 0.29) is 17.4 Å². The van der Waals surface area contributed by atoms with Gasteiger partial charge in [0.15, 0.2) is 0 Å². The molecule has 0 spiro atoms. The Morgan fingerprint density at radius 2 is 1.82 bits per heavy atom. The van der Waals surface area contributed by atoms with Crippen molar-refractivity contribution in [1.82, 2.24) is 4.72 Å². The van der Waals surface area contributed by atoms with Crippen LogP contribution in [0.3, 0.4) is 0 Å². The first-order valence-corrected chi connectivity index (χ1v) is 9.65. The Kier molecular flexibility index (Phi) is 8.39. The Morgan fingerprint density at radius 1 is 1.18 bits per heavy atom. The average Bonchev–Trinajstić information content (AvgIpc) is 2.49. The minimum absolute atomic E-state index is 0.0870. The first kappa shape index (κ1) is 19.4. The zero-order chi connectivity index (χ0) is 16.6. The largest absolute Gasteiger partial charge is 0.395 e. The van der Waals surface area contributed by atoms with Gasteiger partial charge < -0.3 is 5.11 Å². The Labute approximate surface area is 138 Å². The van der Waals surface area contributed by atoms with Gasteiger partial charge in [-0.3, -0.25) is 0 Å². The van der Waals surface area contributed by atoms with Crippen LogP contribution in [0.2, 0.25) is 5.02 Å². The lowest BCUT2D eigenvalue weighted by molar-refractivity contribution is 0.214. The molecule has 0 aromatic heterocycles. The first-order chi connectivity index (χ1) is 10.4. The first-order valence-electron chi connectivity index (χ1n) is 7.79. The van der Waals surface area contributed by atoms with Crippen LogP contribution in [0.15, 0.2) is 29.2 Å². The van der Waals surface area contributed by atoms with Crippen LogP contribution in [0.4, 0.5) is 0 Å². The van der Waals surface area contributed by atoms with Crippen molar-refractivity contribution in [3.63, 3.8) is 0 Å². The summed E-state index contributed by atoms with van der Waals surface area (Å²) in [7, 11) is -3.64. The number of nitrogens with one attached hydrogen (secondary N) is 1. The topological polar surface area (TPSA) is 66.4 Å². The molecule has 2 atom stereocenters. The number of sulfonamides is 1. The molecule has 6 heteroatoms. The van der Waals surface area contributed by atoms with E-state index in [1.807, 2.05) is 6.92 Å². The van der Waals surface area contributed by atoms with E-state index in [1.165, 1.54) is 37.1 Å². The molecule has 0 saturated carbocycles. The molecule has 2 N–H and O–H groups in total. The standard InChI is InChI=1S/C16H26ClNO3S/c1-3-4-5-6-7-13(2)16(12-19)18-22(20,21)15-10-8-14(17)9-11-15/h8-11,13,16,18-19H,3-7,12H2,1-2H3/t13-,16-/m1/s1. The molecule has 1 aromatic carbocycles. The fraction of sp³-hybridized carbons (Fsp3) is 0.625. The average molecular weight is 348 g/mol. The summed E-state index contributed by atoms with van der Waals surface area (Å²) in [5.74, 6) is 0.0870. The zero-order valence-corrected chi connectivity index (χ0v) is 14.8. The lowest BCUT2D eigenvalue weighted by atomic mass is 9.96. The van der Waals surface area contributed by atoms with Crippen LogP contribution in [-0.4, -0.2) is 26.2 Å². The molecule has 1 rings (SSSR count). The van der Waals surface area contributed by atoms with Gasteiger partial charge in [0.1, 0.15) is 0 Å². The summed E-state index contributed by atoms with van der Waals surface area (Å²) in [4.78, 5) is 0.161. The van der Waals surface area contributed by atoms with E-state index in [1.54, 1.807) is 0 Å². The molecular weight excluding hydrogens is 322 g/mol. The van der Waals surface area contributed by atoms with Crippen molar-refractivity contribution >= 4 is 21.6 Å². The van der Waals surface area contributed by atoms with Crippen molar-refractivity contribution in [3.05, 3.63) is 29.3 Å². The van der Waals surface area contributed by atoms with Crippen LogP contribution in [0.1, 0.15) is 46.0 Å². The molecule has 1 aromatic rings. The molecule has 22 heavy (non-hydrogen) atoms. The van der Waals surface area contributed by atoms with Gasteiger partial charge in [-0.15, -0.1) is 0 Å². The Morgan fingerprint density at radius 3 is 2.36 bits per heavy atom. The fourth-order valence-corrected chi connectivity index (χ4v) is 3.77. The van der Waals surface area contributed by atoms with Crippen molar-refractivity contribution in [2.24, 2.45) is 5.92 Å². The predicted octanol–water partition coefficient (Wildman–Crippen LogP) is 3.59. The highest BCUT2D eigenvalue weighted by Crippen LogP contribution is 2.18. The molecule has 0 amide bonds. The fourth-order valence-electron chi connectivity index (χ4n) is 2.31. The maximum atomic E-state index is 12.3. The number of hydrogen-bond donors (Lipinski definition) is 2. The third-order valence-corrected chi connectivity index (χ3v) is 5.58. The predicted molar refractivity (Wildman–Crippen MR) is 90.6 cm³/mol. The van der Waals surface area contributed by atoms with Gasteiger partial charge in [-0.25, -0.2) is 13.1 Å². The van der Waals surface area contributed by atoms with E-state index in [0.29, 0.717) is 5.02 Å². The minimum Gasteiger partial charge on any atom is -0.395 e. The highest BCUT2D eigenvalue weighted by molar-refractivity contribution is 7.89. The molecule has 0 aliphatic heterocycles. The Hall–Kier alpha value is -0.620. The summed E-state index contributed by atoms with van der Waals surface area (Å²) in [6.07, 6.45) is 5.44. The van der Waals surface area contributed by atoms with Crippen LogP contribution >= 0.6 is 11.6 Å². The van der Waals surface area contributed by atoms with E-state index in [0.717, 1.165) is 19.3 Å². The summed E-state index contributed by atoms with van der Waals surface area (Å²) >= 11 is 5.77. The van der Waals surface area contributed by atoms with Crippen molar-refractivity contribution in [2.75, 3.05) is 6.61 Å².